The minimum Gasteiger partial charge on any atom is -0.445 e. The fraction of sp³-hybridized carbons (Fsp3) is 0.174. The van der Waals surface area contributed by atoms with Crippen molar-refractivity contribution in [2.45, 2.75) is 25.0 Å². The standard InChI is InChI=1S/C23H21NO3S/c1-15-6-10-17(11-7-15)20(25)21(18-12-8-16(2)9-13-18)27-23(26)19-5-4-14-24-22(19)28-3/h4-14,21H,1-3H3. The monoisotopic (exact) mass is 391 g/mol. The third-order valence-electron chi connectivity index (χ3n) is 4.36. The molecule has 0 spiro atoms. The van der Waals surface area contributed by atoms with E-state index in [1.165, 1.54) is 11.8 Å². The van der Waals surface area contributed by atoms with E-state index in [4.69, 9.17) is 4.74 Å². The Morgan fingerprint density at radius 2 is 1.54 bits per heavy atom. The molecule has 3 rings (SSSR count). The zero-order valence-electron chi connectivity index (χ0n) is 16.0. The van der Waals surface area contributed by atoms with Crippen LogP contribution in [0.1, 0.15) is 43.5 Å². The highest BCUT2D eigenvalue weighted by Crippen LogP contribution is 2.26. The third-order valence-corrected chi connectivity index (χ3v) is 5.08. The first-order valence-corrected chi connectivity index (χ1v) is 10.1. The van der Waals surface area contributed by atoms with Crippen LogP contribution in [0.2, 0.25) is 0 Å². The third kappa shape index (κ3) is 4.49. The molecule has 1 heterocycles. The van der Waals surface area contributed by atoms with Gasteiger partial charge in [-0.05, 0) is 32.2 Å². The summed E-state index contributed by atoms with van der Waals surface area (Å²) >= 11 is 1.36. The molecule has 28 heavy (non-hydrogen) atoms. The maximum atomic E-state index is 13.2. The van der Waals surface area contributed by atoms with Crippen LogP contribution in [-0.4, -0.2) is 23.0 Å². The van der Waals surface area contributed by atoms with Gasteiger partial charge in [-0.1, -0.05) is 59.7 Å². The van der Waals surface area contributed by atoms with Crippen molar-refractivity contribution in [3.05, 3.63) is 94.7 Å². The summed E-state index contributed by atoms with van der Waals surface area (Å²) < 4.78 is 5.71. The summed E-state index contributed by atoms with van der Waals surface area (Å²) in [5.41, 5.74) is 3.61. The van der Waals surface area contributed by atoms with Crippen molar-refractivity contribution in [1.82, 2.24) is 4.98 Å². The molecule has 0 saturated heterocycles. The highest BCUT2D eigenvalue weighted by Gasteiger charge is 2.27. The van der Waals surface area contributed by atoms with Gasteiger partial charge in [0.2, 0.25) is 5.78 Å². The Kier molecular flexibility index (Phi) is 6.26. The number of carbonyl (C=O) groups is 2. The number of pyridine rings is 1. The zero-order chi connectivity index (χ0) is 20.1. The van der Waals surface area contributed by atoms with Gasteiger partial charge in [0.05, 0.1) is 5.56 Å². The average Bonchev–Trinajstić information content (AvgIpc) is 2.72. The fourth-order valence-corrected chi connectivity index (χ4v) is 3.30. The van der Waals surface area contributed by atoms with Crippen LogP contribution < -0.4 is 0 Å². The molecule has 2 aromatic carbocycles. The van der Waals surface area contributed by atoms with Crippen molar-refractivity contribution in [2.24, 2.45) is 0 Å². The van der Waals surface area contributed by atoms with E-state index in [1.54, 1.807) is 30.5 Å². The van der Waals surface area contributed by atoms with E-state index in [9.17, 15) is 9.59 Å². The quantitative estimate of drug-likeness (QED) is 0.328. The molecule has 3 aromatic rings. The lowest BCUT2D eigenvalue weighted by molar-refractivity contribution is 0.0276. The van der Waals surface area contributed by atoms with Crippen molar-refractivity contribution in [3.8, 4) is 0 Å². The molecule has 0 aliphatic rings. The number of Topliss-reactive ketones (excluding diaryl/α,β-unsaturated/α-hetero) is 1. The lowest BCUT2D eigenvalue weighted by atomic mass is 9.98. The molecular formula is C23H21NO3S. The molecule has 5 heteroatoms. The summed E-state index contributed by atoms with van der Waals surface area (Å²) in [5, 5.41) is 0.568. The van der Waals surface area contributed by atoms with Crippen LogP contribution in [0.3, 0.4) is 0 Å². The topological polar surface area (TPSA) is 56.3 Å². The second-order valence-corrected chi connectivity index (χ2v) is 7.28. The molecule has 0 amide bonds. The number of hydrogen-bond acceptors (Lipinski definition) is 5. The molecule has 0 aliphatic carbocycles. The molecule has 1 unspecified atom stereocenters. The molecular weight excluding hydrogens is 370 g/mol. The van der Waals surface area contributed by atoms with Crippen molar-refractivity contribution in [1.29, 1.82) is 0 Å². The zero-order valence-corrected chi connectivity index (χ0v) is 16.8. The average molecular weight is 391 g/mol. The number of aromatic nitrogens is 1. The highest BCUT2D eigenvalue weighted by molar-refractivity contribution is 7.98. The molecule has 0 saturated carbocycles. The lowest BCUT2D eigenvalue weighted by Gasteiger charge is -2.18. The van der Waals surface area contributed by atoms with Crippen LogP contribution in [0.4, 0.5) is 0 Å². The first kappa shape index (κ1) is 19.8. The first-order valence-electron chi connectivity index (χ1n) is 8.87. The van der Waals surface area contributed by atoms with Crippen LogP contribution in [0, 0.1) is 13.8 Å². The van der Waals surface area contributed by atoms with E-state index >= 15 is 0 Å². The Balaban J connectivity index is 1.96. The van der Waals surface area contributed by atoms with E-state index in [2.05, 4.69) is 4.98 Å². The van der Waals surface area contributed by atoms with Crippen LogP contribution in [0.25, 0.3) is 0 Å². The number of carbonyl (C=O) groups excluding carboxylic acids is 2. The van der Waals surface area contributed by atoms with Gasteiger partial charge in [0, 0.05) is 17.3 Å². The Morgan fingerprint density at radius 1 is 0.929 bits per heavy atom. The van der Waals surface area contributed by atoms with Crippen molar-refractivity contribution < 1.29 is 14.3 Å². The molecule has 1 aromatic heterocycles. The van der Waals surface area contributed by atoms with Gasteiger partial charge in [-0.3, -0.25) is 4.79 Å². The molecule has 142 valence electrons. The molecule has 0 bridgehead atoms. The Bertz CT molecular complexity index is 981. The first-order chi connectivity index (χ1) is 13.5. The van der Waals surface area contributed by atoms with Gasteiger partial charge in [-0.15, -0.1) is 11.8 Å². The summed E-state index contributed by atoms with van der Waals surface area (Å²) in [6.07, 6.45) is 2.44. The lowest BCUT2D eigenvalue weighted by Crippen LogP contribution is -2.21. The fourth-order valence-electron chi connectivity index (χ4n) is 2.76. The van der Waals surface area contributed by atoms with Gasteiger partial charge in [0.25, 0.3) is 0 Å². The van der Waals surface area contributed by atoms with Gasteiger partial charge < -0.3 is 4.74 Å². The van der Waals surface area contributed by atoms with Crippen LogP contribution in [0.15, 0.2) is 71.9 Å². The van der Waals surface area contributed by atoms with E-state index in [0.717, 1.165) is 11.1 Å². The SMILES string of the molecule is CSc1ncccc1C(=O)OC(C(=O)c1ccc(C)cc1)c1ccc(C)cc1. The van der Waals surface area contributed by atoms with Crippen molar-refractivity contribution in [2.75, 3.05) is 6.26 Å². The number of thioether (sulfide) groups is 1. The summed E-state index contributed by atoms with van der Waals surface area (Å²) in [6.45, 7) is 3.92. The number of ketones is 1. The number of rotatable bonds is 6. The Morgan fingerprint density at radius 3 is 2.14 bits per heavy atom. The summed E-state index contributed by atoms with van der Waals surface area (Å²) in [6, 6.07) is 18.0. The van der Waals surface area contributed by atoms with E-state index in [-0.39, 0.29) is 5.78 Å². The molecule has 1 atom stereocenters. The van der Waals surface area contributed by atoms with Crippen molar-refractivity contribution >= 4 is 23.5 Å². The number of nitrogens with zero attached hydrogens (tertiary/aromatic N) is 1. The van der Waals surface area contributed by atoms with Gasteiger partial charge >= 0.3 is 5.97 Å². The van der Waals surface area contributed by atoms with Crippen LogP contribution in [-0.2, 0) is 4.74 Å². The second-order valence-electron chi connectivity index (χ2n) is 6.49. The van der Waals surface area contributed by atoms with Gasteiger partial charge in [-0.2, -0.15) is 0 Å². The normalized spacial score (nSPS) is 11.7. The molecule has 0 radical (unpaired) electrons. The summed E-state index contributed by atoms with van der Waals surface area (Å²) in [5.74, 6) is -0.824. The minimum absolute atomic E-state index is 0.258. The summed E-state index contributed by atoms with van der Waals surface area (Å²) in [4.78, 5) is 30.2. The van der Waals surface area contributed by atoms with E-state index in [1.807, 2.05) is 56.5 Å². The molecule has 4 nitrogen and oxygen atoms in total. The minimum atomic E-state index is -1.02. The largest absolute Gasteiger partial charge is 0.445 e. The smallest absolute Gasteiger partial charge is 0.341 e. The number of esters is 1. The van der Waals surface area contributed by atoms with E-state index in [0.29, 0.717) is 21.7 Å². The molecule has 0 aliphatic heterocycles. The predicted octanol–water partition coefficient (Wildman–Crippen LogP) is 5.20. The maximum Gasteiger partial charge on any atom is 0.341 e. The number of aryl methyl sites for hydroxylation is 2. The van der Waals surface area contributed by atoms with Crippen LogP contribution >= 0.6 is 11.8 Å². The van der Waals surface area contributed by atoms with Crippen LogP contribution in [0.5, 0.6) is 0 Å². The molecule has 0 fully saturated rings. The predicted molar refractivity (Wildman–Crippen MR) is 111 cm³/mol. The van der Waals surface area contributed by atoms with Gasteiger partial charge in [0.15, 0.2) is 6.10 Å². The molecule has 0 N–H and O–H groups in total. The number of hydrogen-bond donors (Lipinski definition) is 0. The highest BCUT2D eigenvalue weighted by atomic mass is 32.2. The second kappa shape index (κ2) is 8.85. The van der Waals surface area contributed by atoms with Crippen molar-refractivity contribution in [3.63, 3.8) is 0 Å². The van der Waals surface area contributed by atoms with E-state index < -0.39 is 12.1 Å². The summed E-state index contributed by atoms with van der Waals surface area (Å²) in [7, 11) is 0. The Labute approximate surface area is 169 Å². The Hall–Kier alpha value is -2.92. The van der Waals surface area contributed by atoms with Gasteiger partial charge in [-0.25, -0.2) is 9.78 Å². The number of benzene rings is 2. The van der Waals surface area contributed by atoms with Gasteiger partial charge in [0.1, 0.15) is 5.03 Å². The number of ether oxygens (including phenoxy) is 1. The maximum absolute atomic E-state index is 13.2.